The predicted molar refractivity (Wildman–Crippen MR) is 174 cm³/mol. The van der Waals surface area contributed by atoms with Gasteiger partial charge in [0.15, 0.2) is 5.82 Å². The molecule has 0 aliphatic carbocycles. The van der Waals surface area contributed by atoms with E-state index in [1.807, 2.05) is 12.1 Å². The zero-order valence-corrected chi connectivity index (χ0v) is 26.4. The molecular formula is C33H32ClFN8O4. The Kier molecular flexibility index (Phi) is 9.01. The molecule has 14 heteroatoms. The standard InChI is InChI=1S/C33H32ClFN8O4/c1-40(2)22-14-16-41(18-22)27-5-3-4-24-23(27)15-17-42(31(24)32(45)37-21-8-6-20(7-9-21)33(46)47)29(44)13-10-25-28(43-19-36-38-39-43)12-11-26(34)30(25)35/h3-13,19,22,31H,14-18H2,1-2H3,(H,37,45)(H,46,47)/t22-,31+/m0/s1. The second-order valence-corrected chi connectivity index (χ2v) is 12.0. The Bertz CT molecular complexity index is 1850. The summed E-state index contributed by atoms with van der Waals surface area (Å²) in [5.41, 5.74) is 3.44. The Labute approximate surface area is 275 Å². The Morgan fingerprint density at radius 3 is 2.53 bits per heavy atom. The molecule has 3 aromatic carbocycles. The molecular weight excluding hydrogens is 627 g/mol. The van der Waals surface area contributed by atoms with Gasteiger partial charge >= 0.3 is 5.97 Å². The van der Waals surface area contributed by atoms with Crippen molar-refractivity contribution in [3.8, 4) is 5.69 Å². The zero-order chi connectivity index (χ0) is 33.2. The number of fused-ring (bicyclic) bond motifs is 1. The van der Waals surface area contributed by atoms with Gasteiger partial charge in [-0.1, -0.05) is 23.7 Å². The van der Waals surface area contributed by atoms with E-state index in [0.29, 0.717) is 23.7 Å². The number of amides is 2. The number of rotatable bonds is 8. The molecule has 2 aliphatic heterocycles. The van der Waals surface area contributed by atoms with Crippen molar-refractivity contribution in [2.45, 2.75) is 24.9 Å². The third kappa shape index (κ3) is 6.44. The lowest BCUT2D eigenvalue weighted by atomic mass is 9.90. The summed E-state index contributed by atoms with van der Waals surface area (Å²) in [5, 5.41) is 23.0. The number of nitrogens with one attached hydrogen (secondary N) is 1. The number of aromatic carboxylic acids is 1. The quantitative estimate of drug-likeness (QED) is 0.269. The third-order valence-corrected chi connectivity index (χ3v) is 8.95. The highest BCUT2D eigenvalue weighted by Crippen LogP contribution is 2.38. The van der Waals surface area contributed by atoms with E-state index in [0.717, 1.165) is 30.8 Å². The molecule has 0 spiro atoms. The van der Waals surface area contributed by atoms with Crippen molar-refractivity contribution < 1.29 is 23.9 Å². The number of halogens is 2. The molecule has 4 aromatic rings. The minimum Gasteiger partial charge on any atom is -0.478 e. The summed E-state index contributed by atoms with van der Waals surface area (Å²) in [7, 11) is 4.13. The van der Waals surface area contributed by atoms with Crippen molar-refractivity contribution in [2.24, 2.45) is 0 Å². The van der Waals surface area contributed by atoms with Crippen LogP contribution in [0.25, 0.3) is 11.8 Å². The minimum absolute atomic E-state index is 0.00171. The number of carbonyl (C=O) groups excluding carboxylic acids is 2. The average molecular weight is 659 g/mol. The Morgan fingerprint density at radius 2 is 1.85 bits per heavy atom. The Balaban J connectivity index is 1.35. The van der Waals surface area contributed by atoms with Crippen LogP contribution in [0.5, 0.6) is 0 Å². The number of nitrogens with zero attached hydrogens (tertiary/aromatic N) is 7. The number of aromatic nitrogens is 4. The first-order valence-corrected chi connectivity index (χ1v) is 15.4. The van der Waals surface area contributed by atoms with Gasteiger partial charge in [-0.3, -0.25) is 9.59 Å². The number of carboxylic acid groups (broad SMARTS) is 1. The summed E-state index contributed by atoms with van der Waals surface area (Å²) >= 11 is 6.07. The maximum absolute atomic E-state index is 15.2. The smallest absolute Gasteiger partial charge is 0.335 e. The van der Waals surface area contributed by atoms with Crippen molar-refractivity contribution in [1.29, 1.82) is 0 Å². The lowest BCUT2D eigenvalue weighted by molar-refractivity contribution is -0.135. The number of carboxylic acids is 1. The number of hydrogen-bond donors (Lipinski definition) is 2. The van der Waals surface area contributed by atoms with E-state index in [1.54, 1.807) is 0 Å². The molecule has 1 fully saturated rings. The number of carbonyl (C=O) groups is 3. The molecule has 0 unspecified atom stereocenters. The topological polar surface area (TPSA) is 137 Å². The molecule has 47 heavy (non-hydrogen) atoms. The van der Waals surface area contributed by atoms with Crippen LogP contribution in [0.3, 0.4) is 0 Å². The van der Waals surface area contributed by atoms with E-state index in [1.165, 1.54) is 64.5 Å². The van der Waals surface area contributed by atoms with Gasteiger partial charge in [-0.25, -0.2) is 9.18 Å². The molecule has 6 rings (SSSR count). The Hall–Kier alpha value is -5.14. The number of tetrazole rings is 1. The van der Waals surface area contributed by atoms with Crippen LogP contribution in [-0.2, 0) is 16.0 Å². The first kappa shape index (κ1) is 31.8. The molecule has 2 aliphatic rings. The molecule has 2 atom stereocenters. The van der Waals surface area contributed by atoms with Gasteiger partial charge in [-0.05, 0) is 97.0 Å². The fraction of sp³-hybridized carbons (Fsp3) is 0.273. The van der Waals surface area contributed by atoms with Gasteiger partial charge in [0, 0.05) is 48.7 Å². The molecule has 0 radical (unpaired) electrons. The van der Waals surface area contributed by atoms with Gasteiger partial charge in [0.05, 0.1) is 16.3 Å². The normalized spacial score (nSPS) is 17.7. The maximum atomic E-state index is 15.2. The summed E-state index contributed by atoms with van der Waals surface area (Å²) in [5.74, 6) is -2.82. The maximum Gasteiger partial charge on any atom is 0.335 e. The monoisotopic (exact) mass is 658 g/mol. The SMILES string of the molecule is CN(C)[C@H]1CCN(c2cccc3c2CCN(C(=O)C=Cc2c(-n4cnnn4)ccc(Cl)c2F)[C@H]3C(=O)Nc2ccc(C(=O)O)cc2)C1. The number of benzene rings is 3. The predicted octanol–water partition coefficient (Wildman–Crippen LogP) is 4.07. The average Bonchev–Trinajstić information content (AvgIpc) is 3.78. The van der Waals surface area contributed by atoms with E-state index in [-0.39, 0.29) is 28.4 Å². The molecule has 2 amide bonds. The summed E-state index contributed by atoms with van der Waals surface area (Å²) in [4.78, 5) is 45.3. The molecule has 3 heterocycles. The highest BCUT2D eigenvalue weighted by molar-refractivity contribution is 6.31. The molecule has 0 bridgehead atoms. The summed E-state index contributed by atoms with van der Waals surface area (Å²) in [6, 6.07) is 13.9. The summed E-state index contributed by atoms with van der Waals surface area (Å²) in [6.45, 7) is 1.94. The fourth-order valence-corrected chi connectivity index (χ4v) is 6.36. The molecule has 1 saturated heterocycles. The van der Waals surface area contributed by atoms with Gasteiger partial charge in [0.2, 0.25) is 5.91 Å². The van der Waals surface area contributed by atoms with Crippen LogP contribution < -0.4 is 10.2 Å². The van der Waals surface area contributed by atoms with E-state index in [9.17, 15) is 19.5 Å². The lowest BCUT2D eigenvalue weighted by Gasteiger charge is -2.38. The second kappa shape index (κ2) is 13.3. The minimum atomic E-state index is -1.09. The van der Waals surface area contributed by atoms with Gasteiger partial charge in [-0.15, -0.1) is 5.10 Å². The van der Waals surface area contributed by atoms with Crippen LogP contribution in [0, 0.1) is 5.82 Å². The second-order valence-electron chi connectivity index (χ2n) is 11.6. The number of hydrogen-bond acceptors (Lipinski definition) is 8. The van der Waals surface area contributed by atoms with E-state index in [4.69, 9.17) is 11.6 Å². The molecule has 2 N–H and O–H groups in total. The first-order valence-electron chi connectivity index (χ1n) is 15.0. The highest BCUT2D eigenvalue weighted by Gasteiger charge is 2.38. The van der Waals surface area contributed by atoms with Crippen LogP contribution in [0.4, 0.5) is 15.8 Å². The van der Waals surface area contributed by atoms with E-state index < -0.39 is 29.6 Å². The molecule has 0 saturated carbocycles. The van der Waals surface area contributed by atoms with Crippen LogP contribution in [0.2, 0.25) is 5.02 Å². The van der Waals surface area contributed by atoms with Gasteiger partial charge in [0.1, 0.15) is 12.4 Å². The van der Waals surface area contributed by atoms with Crippen LogP contribution >= 0.6 is 11.6 Å². The van der Waals surface area contributed by atoms with Crippen molar-refractivity contribution in [3.63, 3.8) is 0 Å². The van der Waals surface area contributed by atoms with Crippen LogP contribution in [-0.4, -0.2) is 92.7 Å². The van der Waals surface area contributed by atoms with Crippen molar-refractivity contribution >= 4 is 46.8 Å². The van der Waals surface area contributed by atoms with Crippen molar-refractivity contribution in [2.75, 3.05) is 43.9 Å². The highest BCUT2D eigenvalue weighted by atomic mass is 35.5. The van der Waals surface area contributed by atoms with E-state index in [2.05, 4.69) is 50.8 Å². The number of likely N-dealkylation sites (N-methyl/N-ethyl adjacent to an activating group) is 1. The molecule has 242 valence electrons. The van der Waals surface area contributed by atoms with Gasteiger partial charge in [0.25, 0.3) is 5.91 Å². The molecule has 1 aromatic heterocycles. The largest absolute Gasteiger partial charge is 0.478 e. The van der Waals surface area contributed by atoms with Crippen molar-refractivity contribution in [1.82, 2.24) is 30.0 Å². The number of anilines is 2. The van der Waals surface area contributed by atoms with Crippen LogP contribution in [0.1, 0.15) is 39.5 Å². The third-order valence-electron chi connectivity index (χ3n) is 8.66. The Morgan fingerprint density at radius 1 is 1.06 bits per heavy atom. The summed E-state index contributed by atoms with van der Waals surface area (Å²) < 4.78 is 16.5. The summed E-state index contributed by atoms with van der Waals surface area (Å²) in [6.07, 6.45) is 5.33. The van der Waals surface area contributed by atoms with Crippen molar-refractivity contribution in [3.05, 3.63) is 100 Å². The van der Waals surface area contributed by atoms with Gasteiger partial charge < -0.3 is 25.1 Å². The van der Waals surface area contributed by atoms with Gasteiger partial charge in [-0.2, -0.15) is 4.68 Å². The van der Waals surface area contributed by atoms with Crippen LogP contribution in [0.15, 0.2) is 67.0 Å². The first-order chi connectivity index (χ1) is 22.6. The zero-order valence-electron chi connectivity index (χ0n) is 25.7. The lowest BCUT2D eigenvalue weighted by Crippen LogP contribution is -2.45. The van der Waals surface area contributed by atoms with E-state index >= 15 is 4.39 Å². The molecule has 12 nitrogen and oxygen atoms in total. The fourth-order valence-electron chi connectivity index (χ4n) is 6.19.